The van der Waals surface area contributed by atoms with Gasteiger partial charge in [-0.05, 0) is 75.0 Å². The summed E-state index contributed by atoms with van der Waals surface area (Å²) in [6.07, 6.45) is -0.723. The topological polar surface area (TPSA) is 388 Å². The van der Waals surface area contributed by atoms with Crippen LogP contribution < -0.4 is 48.7 Å². The highest BCUT2D eigenvalue weighted by Gasteiger charge is 2.39. The minimum absolute atomic E-state index is 0.0237. The first kappa shape index (κ1) is 58.3. The fourth-order valence-electron chi connectivity index (χ4n) is 7.34. The maximum Gasteiger partial charge on any atom is 0.326 e. The molecule has 0 aromatic heterocycles. The van der Waals surface area contributed by atoms with E-state index in [1.807, 2.05) is 0 Å². The second-order valence-electron chi connectivity index (χ2n) is 18.1. The molecule has 24 nitrogen and oxygen atoms in total. The first-order chi connectivity index (χ1) is 32.2. The van der Waals surface area contributed by atoms with Crippen molar-refractivity contribution in [1.29, 1.82) is 0 Å². The van der Waals surface area contributed by atoms with Gasteiger partial charge in [-0.2, -0.15) is 0 Å². The van der Waals surface area contributed by atoms with Crippen LogP contribution in [0.4, 0.5) is 0 Å². The van der Waals surface area contributed by atoms with Gasteiger partial charge in [0.15, 0.2) is 0 Å². The van der Waals surface area contributed by atoms with E-state index < -0.39 is 144 Å². The molecule has 10 unspecified atom stereocenters. The van der Waals surface area contributed by atoms with Crippen LogP contribution in [-0.2, 0) is 59.2 Å². The third kappa shape index (κ3) is 18.6. The number of carbonyl (C=O) groups excluding carboxylic acids is 9. The number of primary amides is 1. The average molecular weight is 975 g/mol. The smallest absolute Gasteiger partial charge is 0.326 e. The number of nitrogens with one attached hydrogen (secondary N) is 7. The zero-order valence-corrected chi connectivity index (χ0v) is 40.3. The zero-order chi connectivity index (χ0) is 52.4. The highest BCUT2D eigenvalue weighted by Crippen LogP contribution is 2.20. The second kappa shape index (κ2) is 27.2. The highest BCUT2D eigenvalue weighted by atomic mass is 16.4. The van der Waals surface area contributed by atoms with Gasteiger partial charge in [-0.3, -0.25) is 47.9 Å². The number of carboxylic acid groups (broad SMARTS) is 2. The lowest BCUT2D eigenvalue weighted by molar-refractivity contribution is -0.144. The molecule has 9 amide bonds. The van der Waals surface area contributed by atoms with E-state index in [-0.39, 0.29) is 43.9 Å². The fourth-order valence-corrected chi connectivity index (χ4v) is 7.34. The fraction of sp³-hybridized carbons (Fsp3) is 0.622. The molecule has 384 valence electrons. The number of carbonyl (C=O) groups is 11. The van der Waals surface area contributed by atoms with Crippen LogP contribution in [0.1, 0.15) is 99.5 Å². The second-order valence-corrected chi connectivity index (χ2v) is 18.1. The van der Waals surface area contributed by atoms with Crippen molar-refractivity contribution in [1.82, 2.24) is 42.1 Å². The number of hydrogen-bond donors (Lipinski definition) is 12. The van der Waals surface area contributed by atoms with Crippen LogP contribution >= 0.6 is 0 Å². The molecular formula is C45H70N10O14. The van der Waals surface area contributed by atoms with Gasteiger partial charge in [-0.15, -0.1) is 0 Å². The van der Waals surface area contributed by atoms with Crippen LogP contribution in [0.25, 0.3) is 0 Å². The van der Waals surface area contributed by atoms with Gasteiger partial charge in [-0.1, -0.05) is 60.1 Å². The van der Waals surface area contributed by atoms with Crippen molar-refractivity contribution in [2.24, 2.45) is 29.2 Å². The number of phenols is 1. The Morgan fingerprint density at radius 2 is 1.20 bits per heavy atom. The first-order valence-corrected chi connectivity index (χ1v) is 22.9. The maximum absolute atomic E-state index is 13.9. The molecule has 0 spiro atoms. The van der Waals surface area contributed by atoms with Crippen molar-refractivity contribution < 1.29 is 68.1 Å². The normalized spacial score (nSPS) is 17.3. The van der Waals surface area contributed by atoms with Crippen molar-refractivity contribution >= 4 is 65.1 Å². The Bertz CT molecular complexity index is 2030. The summed E-state index contributed by atoms with van der Waals surface area (Å²) in [5.74, 6) is -12.2. The van der Waals surface area contributed by atoms with E-state index in [0.29, 0.717) is 12.0 Å². The predicted octanol–water partition coefficient (Wildman–Crippen LogP) is -2.13. The molecule has 1 aliphatic rings. The molecule has 0 saturated carbocycles. The van der Waals surface area contributed by atoms with Crippen molar-refractivity contribution in [3.8, 4) is 5.75 Å². The molecule has 24 heteroatoms. The van der Waals surface area contributed by atoms with Gasteiger partial charge in [0.2, 0.25) is 53.2 Å². The molecule has 0 bridgehead atoms. The lowest BCUT2D eigenvalue weighted by atomic mass is 9.96. The van der Waals surface area contributed by atoms with E-state index in [9.17, 15) is 68.1 Å². The van der Waals surface area contributed by atoms with Crippen molar-refractivity contribution in [2.45, 2.75) is 155 Å². The Labute approximate surface area is 400 Å². The maximum atomic E-state index is 13.9. The number of aliphatic carboxylic acids is 2. The highest BCUT2D eigenvalue weighted by molar-refractivity contribution is 5.99. The molecule has 14 N–H and O–H groups in total. The molecule has 1 aliphatic heterocycles. The van der Waals surface area contributed by atoms with E-state index in [2.05, 4.69) is 37.2 Å². The van der Waals surface area contributed by atoms with Gasteiger partial charge >= 0.3 is 11.9 Å². The lowest BCUT2D eigenvalue weighted by Crippen LogP contribution is -2.62. The quantitative estimate of drug-likeness (QED) is 0.0448. The summed E-state index contributed by atoms with van der Waals surface area (Å²) >= 11 is 0. The summed E-state index contributed by atoms with van der Waals surface area (Å²) in [4.78, 5) is 144. The Kier molecular flexibility index (Phi) is 23.0. The zero-order valence-electron chi connectivity index (χ0n) is 40.3. The van der Waals surface area contributed by atoms with Crippen LogP contribution in [-0.4, -0.2) is 146 Å². The Hall–Kier alpha value is -6.85. The van der Waals surface area contributed by atoms with Gasteiger partial charge in [-0.25, -0.2) is 4.79 Å². The summed E-state index contributed by atoms with van der Waals surface area (Å²) in [7, 11) is 0. The number of phenolic OH excluding ortho intramolecular Hbond substituents is 1. The van der Waals surface area contributed by atoms with Gasteiger partial charge < -0.3 is 68.9 Å². The minimum Gasteiger partial charge on any atom is -0.508 e. The van der Waals surface area contributed by atoms with E-state index >= 15 is 0 Å². The van der Waals surface area contributed by atoms with Gasteiger partial charge in [0.25, 0.3) is 0 Å². The number of nitrogens with two attached hydrogens (primary N) is 2. The van der Waals surface area contributed by atoms with Gasteiger partial charge in [0.1, 0.15) is 54.1 Å². The third-order valence-electron chi connectivity index (χ3n) is 11.5. The number of carboxylic acids is 2. The number of aromatic hydroxyl groups is 1. The summed E-state index contributed by atoms with van der Waals surface area (Å²) in [6, 6.07) is -5.93. The number of amides is 9. The van der Waals surface area contributed by atoms with Crippen molar-refractivity contribution in [3.63, 3.8) is 0 Å². The predicted molar refractivity (Wildman–Crippen MR) is 247 cm³/mol. The van der Waals surface area contributed by atoms with Gasteiger partial charge in [0.05, 0.1) is 18.9 Å². The molecular weight excluding hydrogens is 905 g/mol. The van der Waals surface area contributed by atoms with E-state index in [1.54, 1.807) is 53.7 Å². The Balaban J connectivity index is 2.16. The number of benzene rings is 1. The van der Waals surface area contributed by atoms with E-state index in [1.165, 1.54) is 30.9 Å². The molecule has 1 aromatic rings. The standard InChI is InChI=1S/C45H70N10O14/c1-9-23(6)36(43(66)51-29(19-33(47)57)39(62)50-30(20-34(58)59)40(63)52-31(45(68)69)17-21(2)3)54-42(65)35(22(4)5)53-37(60)24(7)48-41(64)32-11-10-16-55(32)44(67)25(8)49-38(61)28(46)18-26-12-14-27(56)15-13-26/h12-15,21-25,28-32,35-36,56H,9-11,16-20,46H2,1-8H3,(H2,47,57)(H,48,64)(H,49,61)(H,50,62)(H,51,66)(H,52,63)(H,53,60)(H,54,65)(H,58,59)(H,68,69). The first-order valence-electron chi connectivity index (χ1n) is 22.9. The summed E-state index contributed by atoms with van der Waals surface area (Å²) in [5, 5.41) is 45.6. The van der Waals surface area contributed by atoms with Crippen LogP contribution in [0.2, 0.25) is 0 Å². The molecule has 1 fully saturated rings. The number of nitrogens with zero attached hydrogens (tertiary/aromatic N) is 1. The minimum atomic E-state index is -1.85. The van der Waals surface area contributed by atoms with Crippen LogP contribution in [0.15, 0.2) is 24.3 Å². The summed E-state index contributed by atoms with van der Waals surface area (Å²) in [5.41, 5.74) is 12.1. The molecule has 0 aliphatic carbocycles. The number of likely N-dealkylation sites (tertiary alicyclic amines) is 1. The molecule has 1 saturated heterocycles. The molecule has 0 radical (unpaired) electrons. The monoisotopic (exact) mass is 975 g/mol. The average Bonchev–Trinajstić information content (AvgIpc) is 3.76. The lowest BCUT2D eigenvalue weighted by Gasteiger charge is -2.30. The number of rotatable bonds is 27. The van der Waals surface area contributed by atoms with Crippen LogP contribution in [0.5, 0.6) is 5.75 Å². The SMILES string of the molecule is CCC(C)C(NC(=O)C(NC(=O)C(C)NC(=O)C1CCCN1C(=O)C(C)NC(=O)C(N)Cc1ccc(O)cc1)C(C)C)C(=O)NC(CC(N)=O)C(=O)NC(CC(=O)O)C(=O)NC(CC(C)C)C(=O)O. The number of hydrogen-bond acceptors (Lipinski definition) is 13. The molecule has 1 heterocycles. The van der Waals surface area contributed by atoms with Crippen molar-refractivity contribution in [2.75, 3.05) is 6.54 Å². The third-order valence-corrected chi connectivity index (χ3v) is 11.5. The summed E-state index contributed by atoms with van der Waals surface area (Å²) < 4.78 is 0. The Morgan fingerprint density at radius 3 is 1.72 bits per heavy atom. The van der Waals surface area contributed by atoms with Crippen LogP contribution in [0.3, 0.4) is 0 Å². The van der Waals surface area contributed by atoms with E-state index in [0.717, 1.165) is 0 Å². The van der Waals surface area contributed by atoms with Crippen LogP contribution in [0, 0.1) is 17.8 Å². The van der Waals surface area contributed by atoms with Gasteiger partial charge in [0, 0.05) is 6.54 Å². The summed E-state index contributed by atoms with van der Waals surface area (Å²) in [6.45, 7) is 12.9. The molecule has 69 heavy (non-hydrogen) atoms. The molecule has 10 atom stereocenters. The molecule has 2 rings (SSSR count). The van der Waals surface area contributed by atoms with Crippen molar-refractivity contribution in [3.05, 3.63) is 29.8 Å². The largest absolute Gasteiger partial charge is 0.508 e. The molecule has 1 aromatic carbocycles. The van der Waals surface area contributed by atoms with E-state index in [4.69, 9.17) is 11.5 Å². The Morgan fingerprint density at radius 1 is 0.667 bits per heavy atom.